The van der Waals surface area contributed by atoms with E-state index in [1.807, 2.05) is 0 Å². The van der Waals surface area contributed by atoms with E-state index in [1.54, 1.807) is 6.92 Å². The summed E-state index contributed by atoms with van der Waals surface area (Å²) in [5.41, 5.74) is 12.0. The van der Waals surface area contributed by atoms with Crippen molar-refractivity contribution in [1.29, 1.82) is 0 Å². The van der Waals surface area contributed by atoms with Crippen molar-refractivity contribution in [3.63, 3.8) is 0 Å². The van der Waals surface area contributed by atoms with Crippen LogP contribution in [0.1, 0.15) is 5.56 Å². The third-order valence-corrected chi connectivity index (χ3v) is 2.69. The Balaban J connectivity index is 2.81. The normalized spacial score (nSPS) is 16.9. The SMILES string of the molecule is Cc1c(N)c2cc(N)c1OS(=O)(=O)O2. The minimum absolute atomic E-state index is 0.00116. The van der Waals surface area contributed by atoms with E-state index in [0.717, 1.165) is 0 Å². The molecule has 0 spiro atoms. The van der Waals surface area contributed by atoms with Crippen LogP contribution in [0, 0.1) is 6.92 Å². The molecule has 0 aromatic heterocycles. The number of nitrogen functional groups attached to an aromatic ring is 2. The third-order valence-electron chi connectivity index (χ3n) is 1.94. The van der Waals surface area contributed by atoms with Crippen LogP contribution in [0.15, 0.2) is 6.07 Å². The van der Waals surface area contributed by atoms with Gasteiger partial charge in [-0.15, -0.1) is 8.42 Å². The molecule has 6 nitrogen and oxygen atoms in total. The van der Waals surface area contributed by atoms with Gasteiger partial charge < -0.3 is 19.8 Å². The van der Waals surface area contributed by atoms with Gasteiger partial charge in [-0.2, -0.15) is 0 Å². The smallest absolute Gasteiger partial charge is 0.396 e. The Morgan fingerprint density at radius 3 is 2.57 bits per heavy atom. The van der Waals surface area contributed by atoms with Gasteiger partial charge >= 0.3 is 10.4 Å². The molecular weight excluding hydrogens is 208 g/mol. The Bertz CT molecular complexity index is 509. The molecule has 1 aromatic carbocycles. The quantitative estimate of drug-likeness (QED) is 0.599. The molecule has 2 bridgehead atoms. The summed E-state index contributed by atoms with van der Waals surface area (Å²) in [5, 5.41) is 0. The molecule has 3 rings (SSSR count). The lowest BCUT2D eigenvalue weighted by atomic mass is 10.1. The number of hydrogen-bond acceptors (Lipinski definition) is 6. The molecule has 2 aliphatic heterocycles. The molecule has 0 saturated heterocycles. The van der Waals surface area contributed by atoms with Gasteiger partial charge in [-0.1, -0.05) is 0 Å². The minimum Gasteiger partial charge on any atom is -0.396 e. The van der Waals surface area contributed by atoms with Crippen molar-refractivity contribution in [3.05, 3.63) is 11.6 Å². The molecule has 7 heteroatoms. The van der Waals surface area contributed by atoms with Crippen LogP contribution in [0.3, 0.4) is 0 Å². The molecular formula is C7H8N2O4S. The van der Waals surface area contributed by atoms with Gasteiger partial charge in [-0.3, -0.25) is 0 Å². The van der Waals surface area contributed by atoms with E-state index in [2.05, 4.69) is 8.37 Å². The maximum atomic E-state index is 11.1. The summed E-state index contributed by atoms with van der Waals surface area (Å²) >= 11 is 0. The fourth-order valence-electron chi connectivity index (χ4n) is 1.22. The van der Waals surface area contributed by atoms with Crippen LogP contribution in [-0.2, 0) is 10.4 Å². The summed E-state index contributed by atoms with van der Waals surface area (Å²) in [6.45, 7) is 1.61. The molecule has 0 saturated carbocycles. The van der Waals surface area contributed by atoms with Gasteiger partial charge in [0, 0.05) is 11.6 Å². The Hall–Kier alpha value is -1.63. The molecule has 0 fully saturated rings. The monoisotopic (exact) mass is 216 g/mol. The van der Waals surface area contributed by atoms with Crippen molar-refractivity contribution in [1.82, 2.24) is 0 Å². The first-order valence-corrected chi connectivity index (χ1v) is 5.06. The Kier molecular flexibility index (Phi) is 1.56. The zero-order valence-electron chi connectivity index (χ0n) is 7.27. The first-order chi connectivity index (χ1) is 6.41. The third kappa shape index (κ3) is 1.13. The van der Waals surface area contributed by atoms with Gasteiger partial charge in [0.1, 0.15) is 0 Å². The number of fused-ring (bicyclic) bond motifs is 4. The lowest BCUT2D eigenvalue weighted by Crippen LogP contribution is -2.14. The van der Waals surface area contributed by atoms with Gasteiger partial charge in [-0.25, -0.2) is 0 Å². The molecule has 0 radical (unpaired) electrons. The van der Waals surface area contributed by atoms with Gasteiger partial charge in [0.15, 0.2) is 11.5 Å². The Labute approximate surface area is 80.7 Å². The number of benzene rings is 1. The fourth-order valence-corrected chi connectivity index (χ4v) is 2.03. The highest BCUT2D eigenvalue weighted by Crippen LogP contribution is 2.42. The predicted octanol–water partition coefficient (Wildman–Crippen LogP) is 0.175. The first kappa shape index (κ1) is 8.95. The first-order valence-electron chi connectivity index (χ1n) is 3.73. The van der Waals surface area contributed by atoms with E-state index in [0.29, 0.717) is 5.56 Å². The van der Waals surface area contributed by atoms with Crippen molar-refractivity contribution in [2.45, 2.75) is 6.92 Å². The highest BCUT2D eigenvalue weighted by atomic mass is 32.3. The van der Waals surface area contributed by atoms with Crippen LogP contribution in [0.2, 0.25) is 0 Å². The van der Waals surface area contributed by atoms with Gasteiger partial charge in [0.05, 0.1) is 11.4 Å². The van der Waals surface area contributed by atoms with Gasteiger partial charge in [0.2, 0.25) is 0 Å². The van der Waals surface area contributed by atoms with Gasteiger partial charge in [-0.05, 0) is 6.92 Å². The van der Waals surface area contributed by atoms with Crippen molar-refractivity contribution >= 4 is 21.8 Å². The largest absolute Gasteiger partial charge is 0.501 e. The van der Waals surface area contributed by atoms with Crippen molar-refractivity contribution < 1.29 is 16.8 Å². The molecule has 76 valence electrons. The number of hydrogen-bond donors (Lipinski definition) is 2. The summed E-state index contributed by atoms with van der Waals surface area (Å²) in [5.74, 6) is 0.0324. The molecule has 0 unspecified atom stereocenters. The highest BCUT2D eigenvalue weighted by Gasteiger charge is 2.28. The van der Waals surface area contributed by atoms with Crippen molar-refractivity contribution in [3.8, 4) is 11.5 Å². The molecule has 0 amide bonds. The second-order valence-electron chi connectivity index (χ2n) is 2.91. The lowest BCUT2D eigenvalue weighted by Gasteiger charge is -2.05. The van der Waals surface area contributed by atoms with Crippen molar-refractivity contribution in [2.24, 2.45) is 0 Å². The molecule has 14 heavy (non-hydrogen) atoms. The van der Waals surface area contributed by atoms with E-state index < -0.39 is 10.4 Å². The highest BCUT2D eigenvalue weighted by molar-refractivity contribution is 7.82. The van der Waals surface area contributed by atoms with Crippen LogP contribution in [0.25, 0.3) is 0 Å². The van der Waals surface area contributed by atoms with Crippen LogP contribution in [-0.4, -0.2) is 8.42 Å². The lowest BCUT2D eigenvalue weighted by molar-refractivity contribution is 0.400. The van der Waals surface area contributed by atoms with Gasteiger partial charge in [0.25, 0.3) is 0 Å². The molecule has 0 aliphatic carbocycles. The zero-order valence-corrected chi connectivity index (χ0v) is 8.09. The standard InChI is InChI=1S/C7H8N2O4S/c1-3-6(9)5-2-4(8)7(3)13-14(10,11)12-5/h2H,8-9H2,1H3. The molecule has 2 aliphatic rings. The average molecular weight is 216 g/mol. The Morgan fingerprint density at radius 2 is 1.93 bits per heavy atom. The number of anilines is 2. The summed E-state index contributed by atoms with van der Waals surface area (Å²) in [7, 11) is -4.08. The summed E-state index contributed by atoms with van der Waals surface area (Å²) in [4.78, 5) is 0. The fraction of sp³-hybridized carbons (Fsp3) is 0.143. The van der Waals surface area contributed by atoms with Crippen molar-refractivity contribution in [2.75, 3.05) is 11.5 Å². The average Bonchev–Trinajstić information content (AvgIpc) is 2.23. The van der Waals surface area contributed by atoms with Crippen LogP contribution in [0.4, 0.5) is 11.4 Å². The molecule has 1 aromatic rings. The van der Waals surface area contributed by atoms with E-state index >= 15 is 0 Å². The van der Waals surface area contributed by atoms with E-state index in [4.69, 9.17) is 11.5 Å². The predicted molar refractivity (Wildman–Crippen MR) is 50.2 cm³/mol. The molecule has 2 heterocycles. The van der Waals surface area contributed by atoms with E-state index in [9.17, 15) is 8.42 Å². The minimum atomic E-state index is -4.08. The zero-order chi connectivity index (χ0) is 10.5. The van der Waals surface area contributed by atoms with Crippen LogP contribution < -0.4 is 19.8 Å². The maximum Gasteiger partial charge on any atom is 0.501 e. The van der Waals surface area contributed by atoms with E-state index in [-0.39, 0.29) is 22.9 Å². The second-order valence-corrected chi connectivity index (χ2v) is 4.06. The Morgan fingerprint density at radius 1 is 1.29 bits per heavy atom. The van der Waals surface area contributed by atoms with Crippen LogP contribution >= 0.6 is 0 Å². The second kappa shape index (κ2) is 2.44. The molecule has 4 N–H and O–H groups in total. The summed E-state index contributed by atoms with van der Waals surface area (Å²) in [6.07, 6.45) is 0. The topological polar surface area (TPSA) is 105 Å². The maximum absolute atomic E-state index is 11.1. The number of rotatable bonds is 0. The summed E-state index contributed by atoms with van der Waals surface area (Å²) in [6, 6.07) is 1.32. The van der Waals surface area contributed by atoms with Crippen LogP contribution in [0.5, 0.6) is 11.5 Å². The molecule has 0 atom stereocenters. The number of nitrogens with two attached hydrogens (primary N) is 2. The van der Waals surface area contributed by atoms with E-state index in [1.165, 1.54) is 6.07 Å². The summed E-state index contributed by atoms with van der Waals surface area (Å²) < 4.78 is 31.4.